The van der Waals surface area contributed by atoms with Gasteiger partial charge in [-0.1, -0.05) is 51.0 Å². The molecule has 1 amide bonds. The lowest BCUT2D eigenvalue weighted by Crippen LogP contribution is -2.50. The van der Waals surface area contributed by atoms with Crippen molar-refractivity contribution >= 4 is 11.6 Å². The van der Waals surface area contributed by atoms with Crippen LogP contribution in [0, 0.1) is 11.8 Å². The lowest BCUT2D eigenvalue weighted by atomic mass is 10.0. The molecule has 0 aliphatic heterocycles. The molecular weight excluding hydrogens is 488 g/mol. The minimum absolute atomic E-state index is 0.0317. The Morgan fingerprint density at radius 1 is 1.08 bits per heavy atom. The van der Waals surface area contributed by atoms with Crippen LogP contribution in [0.3, 0.4) is 0 Å². The number of nitrogens with one attached hydrogen (secondary N) is 1. The van der Waals surface area contributed by atoms with E-state index in [4.69, 9.17) is 9.57 Å². The van der Waals surface area contributed by atoms with Crippen molar-refractivity contribution in [3.05, 3.63) is 62.4 Å². The number of rotatable bonds is 13. The first-order chi connectivity index (χ1) is 17.8. The fraction of sp³-hybridized carbons (Fsp3) is 0.571. The van der Waals surface area contributed by atoms with Crippen LogP contribution in [0.15, 0.2) is 45.2 Å². The number of carbonyl (C=O) groups excluding carboxylic acids is 1. The van der Waals surface area contributed by atoms with Crippen molar-refractivity contribution in [2.24, 2.45) is 17.0 Å². The molecule has 10 nitrogen and oxygen atoms in total. The van der Waals surface area contributed by atoms with Gasteiger partial charge in [0.2, 0.25) is 5.91 Å². The van der Waals surface area contributed by atoms with Crippen molar-refractivity contribution in [3.63, 3.8) is 0 Å². The Morgan fingerprint density at radius 3 is 2.32 bits per heavy atom. The minimum Gasteiger partial charge on any atom is -0.496 e. The van der Waals surface area contributed by atoms with Gasteiger partial charge in [-0.25, -0.2) is 4.79 Å². The molecular formula is C28H42N4O6. The molecule has 2 rings (SSSR count). The maximum Gasteiger partial charge on any atom is 0.331 e. The summed E-state index contributed by atoms with van der Waals surface area (Å²) in [6.07, 6.45) is 0.445. The van der Waals surface area contributed by atoms with Crippen molar-refractivity contribution < 1.29 is 19.5 Å². The molecule has 1 aromatic carbocycles. The predicted molar refractivity (Wildman–Crippen MR) is 148 cm³/mol. The number of benzene rings is 1. The summed E-state index contributed by atoms with van der Waals surface area (Å²) in [4.78, 5) is 45.0. The van der Waals surface area contributed by atoms with Crippen LogP contribution in [0.5, 0.6) is 5.75 Å². The number of aliphatic hydroxyl groups excluding tert-OH is 1. The van der Waals surface area contributed by atoms with E-state index in [0.717, 1.165) is 4.57 Å². The van der Waals surface area contributed by atoms with E-state index in [1.807, 2.05) is 41.5 Å². The minimum atomic E-state index is -1.08. The first-order valence-electron chi connectivity index (χ1n) is 13.0. The molecule has 210 valence electrons. The Labute approximate surface area is 224 Å². The van der Waals surface area contributed by atoms with E-state index in [0.29, 0.717) is 23.4 Å². The molecule has 1 unspecified atom stereocenters. The number of hydrogen-bond donors (Lipinski definition) is 2. The van der Waals surface area contributed by atoms with Gasteiger partial charge in [0.05, 0.1) is 31.5 Å². The standard InChI is InChI=1S/C28H42N4O6/c1-17(2)13-26(34)29-23(18(3)4)15-32-27(35)22(20(7)30-38-19(5)6)14-31(28(32)36)16-24(33)21-11-9-10-12-25(21)37-8/h9-12,14,17-19,23-24,33H,13,15-16H2,1-8H3,(H,29,34)/b30-20+/t23-,24?/m1/s1. The quantitative estimate of drug-likeness (QED) is 0.303. The van der Waals surface area contributed by atoms with Crippen LogP contribution in [0.1, 0.15) is 72.1 Å². The van der Waals surface area contributed by atoms with E-state index in [1.54, 1.807) is 31.2 Å². The highest BCUT2D eigenvalue weighted by Crippen LogP contribution is 2.25. The van der Waals surface area contributed by atoms with Gasteiger partial charge in [0, 0.05) is 24.2 Å². The second-order valence-corrected chi connectivity index (χ2v) is 10.5. The van der Waals surface area contributed by atoms with Gasteiger partial charge in [-0.05, 0) is 38.7 Å². The number of ether oxygens (including phenoxy) is 1. The highest BCUT2D eigenvalue weighted by Gasteiger charge is 2.23. The molecule has 38 heavy (non-hydrogen) atoms. The molecule has 0 saturated heterocycles. The van der Waals surface area contributed by atoms with Crippen LogP contribution in [0.4, 0.5) is 0 Å². The zero-order valence-electron chi connectivity index (χ0n) is 23.7. The van der Waals surface area contributed by atoms with Crippen LogP contribution < -0.4 is 21.3 Å². The number of para-hydroxylation sites is 1. The molecule has 0 radical (unpaired) electrons. The van der Waals surface area contributed by atoms with Gasteiger partial charge in [0.25, 0.3) is 5.56 Å². The van der Waals surface area contributed by atoms with E-state index in [1.165, 1.54) is 17.9 Å². The van der Waals surface area contributed by atoms with Gasteiger partial charge in [0.1, 0.15) is 18.0 Å². The number of methoxy groups -OCH3 is 1. The first kappa shape index (κ1) is 30.8. The molecule has 2 aromatic rings. The summed E-state index contributed by atoms with van der Waals surface area (Å²) in [5.41, 5.74) is -0.184. The fourth-order valence-electron chi connectivity index (χ4n) is 3.91. The number of carbonyl (C=O) groups is 1. The Kier molecular flexibility index (Phi) is 11.3. The SMILES string of the molecule is COc1ccccc1C(O)Cn1cc(/C(C)=N/OC(C)C)c(=O)n(C[C@@H](NC(=O)CC(C)C)C(C)C)c1=O. The third-order valence-corrected chi connectivity index (χ3v) is 6.02. The highest BCUT2D eigenvalue weighted by atomic mass is 16.6. The van der Waals surface area contributed by atoms with E-state index in [2.05, 4.69) is 10.5 Å². The number of hydrogen-bond acceptors (Lipinski definition) is 7. The van der Waals surface area contributed by atoms with Crippen LogP contribution in [0.2, 0.25) is 0 Å². The Bertz CT molecular complexity index is 1230. The monoisotopic (exact) mass is 530 g/mol. The first-order valence-corrected chi connectivity index (χ1v) is 13.0. The topological polar surface area (TPSA) is 124 Å². The van der Waals surface area contributed by atoms with E-state index >= 15 is 0 Å². The molecule has 2 atom stereocenters. The third-order valence-electron chi connectivity index (χ3n) is 6.02. The molecule has 1 heterocycles. The van der Waals surface area contributed by atoms with Crippen molar-refractivity contribution in [2.75, 3.05) is 7.11 Å². The van der Waals surface area contributed by atoms with E-state index in [9.17, 15) is 19.5 Å². The van der Waals surface area contributed by atoms with Crippen LogP contribution >= 0.6 is 0 Å². The van der Waals surface area contributed by atoms with Crippen molar-refractivity contribution in [3.8, 4) is 5.75 Å². The van der Waals surface area contributed by atoms with Crippen LogP contribution in [-0.2, 0) is 22.7 Å². The Balaban J connectivity index is 2.59. The molecule has 0 aliphatic carbocycles. The summed E-state index contributed by atoms with van der Waals surface area (Å²) < 4.78 is 7.74. The second-order valence-electron chi connectivity index (χ2n) is 10.5. The van der Waals surface area contributed by atoms with E-state index in [-0.39, 0.29) is 42.5 Å². The number of aliphatic hydroxyl groups is 1. The average molecular weight is 531 g/mol. The molecule has 0 aliphatic rings. The Morgan fingerprint density at radius 2 is 1.74 bits per heavy atom. The summed E-state index contributed by atoms with van der Waals surface area (Å²) in [6.45, 7) is 12.8. The second kappa shape index (κ2) is 13.9. The summed E-state index contributed by atoms with van der Waals surface area (Å²) in [5, 5.41) is 18.0. The molecule has 1 aromatic heterocycles. The fourth-order valence-corrected chi connectivity index (χ4v) is 3.91. The van der Waals surface area contributed by atoms with Crippen molar-refractivity contribution in [1.29, 1.82) is 0 Å². The largest absolute Gasteiger partial charge is 0.496 e. The van der Waals surface area contributed by atoms with E-state index < -0.39 is 23.4 Å². The number of oxime groups is 1. The smallest absolute Gasteiger partial charge is 0.331 e. The number of nitrogens with zero attached hydrogens (tertiary/aromatic N) is 3. The lowest BCUT2D eigenvalue weighted by Gasteiger charge is -2.24. The molecule has 0 spiro atoms. The summed E-state index contributed by atoms with van der Waals surface area (Å²) in [7, 11) is 1.50. The molecule has 0 fully saturated rings. The maximum atomic E-state index is 13.6. The van der Waals surface area contributed by atoms with Gasteiger partial charge < -0.3 is 20.0 Å². The third kappa shape index (κ3) is 8.31. The molecule has 0 saturated carbocycles. The van der Waals surface area contributed by atoms with Gasteiger partial charge in [-0.2, -0.15) is 0 Å². The van der Waals surface area contributed by atoms with Gasteiger partial charge in [-0.15, -0.1) is 0 Å². The maximum absolute atomic E-state index is 13.6. The van der Waals surface area contributed by atoms with Crippen LogP contribution in [-0.4, -0.2) is 45.1 Å². The van der Waals surface area contributed by atoms with Gasteiger partial charge in [-0.3, -0.25) is 18.7 Å². The van der Waals surface area contributed by atoms with Crippen molar-refractivity contribution in [2.45, 2.75) is 86.2 Å². The number of amides is 1. The zero-order chi connectivity index (χ0) is 28.6. The molecule has 0 bridgehead atoms. The lowest BCUT2D eigenvalue weighted by molar-refractivity contribution is -0.122. The normalized spacial score (nSPS) is 13.6. The Hall–Kier alpha value is -3.40. The van der Waals surface area contributed by atoms with Crippen molar-refractivity contribution in [1.82, 2.24) is 14.5 Å². The zero-order valence-corrected chi connectivity index (χ0v) is 23.7. The van der Waals surface area contributed by atoms with Gasteiger partial charge in [0.15, 0.2) is 0 Å². The highest BCUT2D eigenvalue weighted by molar-refractivity contribution is 5.97. The number of aromatic nitrogens is 2. The summed E-state index contributed by atoms with van der Waals surface area (Å²) in [6, 6.07) is 6.53. The summed E-state index contributed by atoms with van der Waals surface area (Å²) in [5.74, 6) is 0.463. The van der Waals surface area contributed by atoms with Gasteiger partial charge >= 0.3 is 5.69 Å². The summed E-state index contributed by atoms with van der Waals surface area (Å²) >= 11 is 0. The van der Waals surface area contributed by atoms with Crippen LogP contribution in [0.25, 0.3) is 0 Å². The molecule has 2 N–H and O–H groups in total. The predicted octanol–water partition coefficient (Wildman–Crippen LogP) is 3.09. The molecule has 10 heteroatoms. The average Bonchev–Trinajstić information content (AvgIpc) is 2.85.